The molecule has 128 valence electrons. The molecule has 2 aliphatic carbocycles. The van der Waals surface area contributed by atoms with Crippen molar-refractivity contribution in [3.63, 3.8) is 0 Å². The van der Waals surface area contributed by atoms with E-state index < -0.39 is 0 Å². The molecular formula is C24H28Zr. The van der Waals surface area contributed by atoms with Crippen molar-refractivity contribution in [2.24, 2.45) is 5.92 Å². The molecule has 2 aromatic rings. The van der Waals surface area contributed by atoms with Crippen molar-refractivity contribution in [3.05, 3.63) is 64.2 Å². The van der Waals surface area contributed by atoms with Crippen molar-refractivity contribution in [1.82, 2.24) is 0 Å². The molecule has 0 nitrogen and oxygen atoms in total. The van der Waals surface area contributed by atoms with Crippen LogP contribution in [-0.2, 0) is 32.6 Å². The molecule has 1 fully saturated rings. The van der Waals surface area contributed by atoms with Crippen molar-refractivity contribution in [1.29, 1.82) is 0 Å². The van der Waals surface area contributed by atoms with Gasteiger partial charge in [-0.05, 0) is 60.4 Å². The summed E-state index contributed by atoms with van der Waals surface area (Å²) in [6.07, 6.45) is 12.2. The summed E-state index contributed by atoms with van der Waals surface area (Å²) in [5.41, 5.74) is 10.3. The molecule has 25 heavy (non-hydrogen) atoms. The average molecular weight is 408 g/mol. The average Bonchev–Trinajstić information content (AvgIpc) is 3.02. The van der Waals surface area contributed by atoms with Crippen molar-refractivity contribution in [3.8, 4) is 11.1 Å². The molecule has 2 aliphatic rings. The Morgan fingerprint density at radius 1 is 0.880 bits per heavy atom. The number of allylic oxidation sites excluding steroid dienone is 1. The van der Waals surface area contributed by atoms with E-state index >= 15 is 0 Å². The topological polar surface area (TPSA) is 0 Å². The second kappa shape index (κ2) is 8.17. The molecule has 2 aromatic carbocycles. The quantitative estimate of drug-likeness (QED) is 0.520. The van der Waals surface area contributed by atoms with Gasteiger partial charge in [-0.25, -0.2) is 0 Å². The maximum atomic E-state index is 2.52. The second-order valence-electron chi connectivity index (χ2n) is 7.88. The predicted molar refractivity (Wildman–Crippen MR) is 104 cm³/mol. The molecule has 0 unspecified atom stereocenters. The molecule has 0 radical (unpaired) electrons. The largest absolute Gasteiger partial charge is 0.0649 e. The Hall–Kier alpha value is -0.937. The zero-order valence-electron chi connectivity index (χ0n) is 15.6. The fourth-order valence-electron chi connectivity index (χ4n) is 4.53. The summed E-state index contributed by atoms with van der Waals surface area (Å²) in [6, 6.07) is 13.6. The smallest absolute Gasteiger partial charge is 0 e. The standard InChI is InChI=1S/C24H28.Zr/c1-17-8-11-21(12-9-17)22-13-10-18(2)23-15-20(16-24(22)23)14-19-6-4-3-5-7-19;/h8-13,16,19H,3-7,14-15H2,1-2H3;. The summed E-state index contributed by atoms with van der Waals surface area (Å²) >= 11 is 0. The summed E-state index contributed by atoms with van der Waals surface area (Å²) in [4.78, 5) is 0. The Balaban J connectivity index is 0.00000182. The summed E-state index contributed by atoms with van der Waals surface area (Å²) in [7, 11) is 0. The van der Waals surface area contributed by atoms with Gasteiger partial charge in [0.2, 0.25) is 0 Å². The Morgan fingerprint density at radius 2 is 1.60 bits per heavy atom. The van der Waals surface area contributed by atoms with Gasteiger partial charge in [0.15, 0.2) is 0 Å². The zero-order chi connectivity index (χ0) is 16.5. The van der Waals surface area contributed by atoms with Crippen LogP contribution in [0.2, 0.25) is 0 Å². The monoisotopic (exact) mass is 406 g/mol. The van der Waals surface area contributed by atoms with Crippen LogP contribution >= 0.6 is 0 Å². The van der Waals surface area contributed by atoms with Gasteiger partial charge < -0.3 is 0 Å². The van der Waals surface area contributed by atoms with Crippen LogP contribution in [0.3, 0.4) is 0 Å². The summed E-state index contributed by atoms with van der Waals surface area (Å²) in [6.45, 7) is 4.43. The van der Waals surface area contributed by atoms with Gasteiger partial charge >= 0.3 is 0 Å². The van der Waals surface area contributed by atoms with Gasteiger partial charge in [0.1, 0.15) is 0 Å². The molecule has 4 rings (SSSR count). The summed E-state index contributed by atoms with van der Waals surface area (Å²) in [5, 5.41) is 0. The number of fused-ring (bicyclic) bond motifs is 1. The SMILES string of the molecule is Cc1ccc(-c2ccc(C)c3c2C=C(CC2CCCCC2)C3)cc1.[Zr]. The third-order valence-corrected chi connectivity index (χ3v) is 5.98. The number of rotatable bonds is 3. The number of benzene rings is 2. The number of hydrogen-bond acceptors (Lipinski definition) is 0. The molecule has 0 heterocycles. The fraction of sp³-hybridized carbons (Fsp3) is 0.417. The maximum absolute atomic E-state index is 2.52. The van der Waals surface area contributed by atoms with Gasteiger partial charge in [0, 0.05) is 26.2 Å². The van der Waals surface area contributed by atoms with E-state index in [-0.39, 0.29) is 26.2 Å². The van der Waals surface area contributed by atoms with Gasteiger partial charge in [0.25, 0.3) is 0 Å². The van der Waals surface area contributed by atoms with Crippen molar-refractivity contribution >= 4 is 6.08 Å². The third kappa shape index (κ3) is 4.08. The number of aryl methyl sites for hydroxylation is 2. The molecule has 0 saturated heterocycles. The van der Waals surface area contributed by atoms with Gasteiger partial charge in [-0.2, -0.15) is 0 Å². The first-order chi connectivity index (χ1) is 11.7. The van der Waals surface area contributed by atoms with Gasteiger partial charge in [-0.15, -0.1) is 0 Å². The Morgan fingerprint density at radius 3 is 2.32 bits per heavy atom. The van der Waals surface area contributed by atoms with Gasteiger partial charge in [0.05, 0.1) is 0 Å². The first-order valence-electron chi connectivity index (χ1n) is 9.59. The molecule has 0 aliphatic heterocycles. The summed E-state index contributed by atoms with van der Waals surface area (Å²) < 4.78 is 0. The van der Waals surface area contributed by atoms with Crippen LogP contribution in [0.15, 0.2) is 42.0 Å². The van der Waals surface area contributed by atoms with E-state index in [0.29, 0.717) is 0 Å². The molecule has 0 atom stereocenters. The Kier molecular flexibility index (Phi) is 6.16. The fourth-order valence-corrected chi connectivity index (χ4v) is 4.53. The molecule has 0 amide bonds. The normalized spacial score (nSPS) is 17.0. The first kappa shape index (κ1) is 18.8. The van der Waals surface area contributed by atoms with Crippen LogP contribution in [0.5, 0.6) is 0 Å². The Bertz CT molecular complexity index is 761. The van der Waals surface area contributed by atoms with Crippen LogP contribution in [-0.4, -0.2) is 0 Å². The van der Waals surface area contributed by atoms with E-state index in [1.807, 2.05) is 0 Å². The van der Waals surface area contributed by atoms with Crippen LogP contribution in [0, 0.1) is 19.8 Å². The molecule has 1 heteroatoms. The van der Waals surface area contributed by atoms with Crippen LogP contribution in [0.4, 0.5) is 0 Å². The van der Waals surface area contributed by atoms with Gasteiger partial charge in [-0.3, -0.25) is 0 Å². The zero-order valence-corrected chi connectivity index (χ0v) is 18.0. The van der Waals surface area contributed by atoms with Crippen LogP contribution in [0.1, 0.15) is 60.8 Å². The predicted octanol–water partition coefficient (Wildman–Crippen LogP) is 6.88. The molecular weight excluding hydrogens is 379 g/mol. The molecule has 1 saturated carbocycles. The molecule has 0 aromatic heterocycles. The minimum Gasteiger partial charge on any atom is -0.0649 e. The minimum atomic E-state index is 0. The summed E-state index contributed by atoms with van der Waals surface area (Å²) in [5.74, 6) is 0.933. The third-order valence-electron chi connectivity index (χ3n) is 5.98. The van der Waals surface area contributed by atoms with Crippen LogP contribution < -0.4 is 0 Å². The van der Waals surface area contributed by atoms with E-state index in [2.05, 4.69) is 56.3 Å². The Labute approximate surface area is 171 Å². The number of hydrogen-bond donors (Lipinski definition) is 0. The van der Waals surface area contributed by atoms with Crippen molar-refractivity contribution < 1.29 is 26.2 Å². The minimum absolute atomic E-state index is 0. The van der Waals surface area contributed by atoms with Crippen molar-refractivity contribution in [2.45, 2.75) is 58.8 Å². The van der Waals surface area contributed by atoms with Crippen LogP contribution in [0.25, 0.3) is 17.2 Å². The van der Waals surface area contributed by atoms with E-state index in [0.717, 1.165) is 5.92 Å². The molecule has 0 N–H and O–H groups in total. The van der Waals surface area contributed by atoms with E-state index in [1.54, 1.807) is 11.1 Å². The van der Waals surface area contributed by atoms with E-state index in [4.69, 9.17) is 0 Å². The van der Waals surface area contributed by atoms with Gasteiger partial charge in [-0.1, -0.05) is 85.7 Å². The molecule has 0 spiro atoms. The second-order valence-corrected chi connectivity index (χ2v) is 7.88. The van der Waals surface area contributed by atoms with E-state index in [1.165, 1.54) is 72.8 Å². The first-order valence-corrected chi connectivity index (χ1v) is 9.59. The van der Waals surface area contributed by atoms with Crippen molar-refractivity contribution in [2.75, 3.05) is 0 Å². The molecule has 0 bridgehead atoms. The van der Waals surface area contributed by atoms with E-state index in [9.17, 15) is 0 Å². The maximum Gasteiger partial charge on any atom is 0 e.